The Balaban J connectivity index is 2.22. The highest BCUT2D eigenvalue weighted by molar-refractivity contribution is 6.20. The van der Waals surface area contributed by atoms with E-state index in [1.54, 1.807) is 0 Å². The Morgan fingerprint density at radius 3 is 2.57 bits per heavy atom. The Morgan fingerprint density at radius 1 is 0.696 bits per heavy atom. The molecule has 6 aromatic rings. The van der Waals surface area contributed by atoms with Crippen molar-refractivity contribution in [3.05, 3.63) is 66.9 Å². The van der Waals surface area contributed by atoms with Crippen LogP contribution in [0.25, 0.3) is 49.3 Å². The number of benzene rings is 2. The molecule has 0 spiro atoms. The summed E-state index contributed by atoms with van der Waals surface area (Å²) < 4.78 is 2.29. The van der Waals surface area contributed by atoms with E-state index in [0.717, 1.165) is 16.7 Å². The van der Waals surface area contributed by atoms with Crippen molar-refractivity contribution in [3.63, 3.8) is 0 Å². The van der Waals surface area contributed by atoms with E-state index in [1.807, 2.05) is 12.3 Å². The predicted octanol–water partition coefficient (Wildman–Crippen LogP) is 4.78. The van der Waals surface area contributed by atoms with Crippen molar-refractivity contribution in [1.82, 2.24) is 14.4 Å². The van der Waals surface area contributed by atoms with Crippen molar-refractivity contribution >= 4 is 49.3 Å². The SMILES string of the molecule is c1cnc2c(c1)c1cccc3nc4ccc5cccc2c5n4c31. The minimum Gasteiger partial charge on any atom is -0.291 e. The average molecular weight is 293 g/mol. The van der Waals surface area contributed by atoms with Gasteiger partial charge in [0, 0.05) is 22.4 Å². The third kappa shape index (κ3) is 1.26. The second-order valence-corrected chi connectivity index (χ2v) is 5.96. The van der Waals surface area contributed by atoms with E-state index in [9.17, 15) is 0 Å². The molecule has 23 heavy (non-hydrogen) atoms. The standard InChI is InChI=1S/C20H11N3/c1-4-12-9-10-17-22-16-8-2-5-14-13-7-3-11-21-18(13)15(6-1)19(12)23(17)20(14)16/h1-11H. The van der Waals surface area contributed by atoms with Crippen molar-refractivity contribution in [2.45, 2.75) is 0 Å². The zero-order valence-corrected chi connectivity index (χ0v) is 12.2. The number of hydrogen-bond acceptors (Lipinski definition) is 2. The normalized spacial score (nSPS) is 12.3. The van der Waals surface area contributed by atoms with Crippen LogP contribution in [-0.4, -0.2) is 14.4 Å². The molecule has 6 rings (SSSR count). The summed E-state index contributed by atoms with van der Waals surface area (Å²) in [7, 11) is 0. The molecule has 0 N–H and O–H groups in total. The van der Waals surface area contributed by atoms with Crippen LogP contribution in [0.3, 0.4) is 0 Å². The molecule has 0 unspecified atom stereocenters. The molecule has 0 aliphatic rings. The Morgan fingerprint density at radius 2 is 1.57 bits per heavy atom. The Hall–Kier alpha value is -3.20. The van der Waals surface area contributed by atoms with Crippen LogP contribution in [0.15, 0.2) is 66.9 Å². The fraction of sp³-hybridized carbons (Fsp3) is 0. The predicted molar refractivity (Wildman–Crippen MR) is 94.2 cm³/mol. The molecular formula is C20H11N3. The number of imidazole rings is 1. The van der Waals surface area contributed by atoms with E-state index in [2.05, 4.69) is 59.0 Å². The first-order valence-corrected chi connectivity index (χ1v) is 7.70. The second kappa shape index (κ2) is 3.76. The largest absolute Gasteiger partial charge is 0.291 e. The van der Waals surface area contributed by atoms with Crippen LogP contribution < -0.4 is 0 Å². The van der Waals surface area contributed by atoms with Crippen LogP contribution in [0.4, 0.5) is 0 Å². The number of nitrogens with zero attached hydrogens (tertiary/aromatic N) is 3. The first-order chi connectivity index (χ1) is 11.4. The van der Waals surface area contributed by atoms with Gasteiger partial charge >= 0.3 is 0 Å². The lowest BCUT2D eigenvalue weighted by molar-refractivity contribution is 1.31. The summed E-state index contributed by atoms with van der Waals surface area (Å²) in [6.45, 7) is 0. The first-order valence-electron chi connectivity index (χ1n) is 7.70. The number of rotatable bonds is 0. The van der Waals surface area contributed by atoms with E-state index in [1.165, 1.54) is 32.6 Å². The van der Waals surface area contributed by atoms with Crippen LogP contribution in [0.2, 0.25) is 0 Å². The molecule has 0 atom stereocenters. The summed E-state index contributed by atoms with van der Waals surface area (Å²) in [6.07, 6.45) is 1.87. The minimum atomic E-state index is 0.986. The molecule has 4 aromatic heterocycles. The monoisotopic (exact) mass is 293 g/mol. The Bertz CT molecular complexity index is 1340. The minimum absolute atomic E-state index is 0.986. The highest BCUT2D eigenvalue weighted by Crippen LogP contribution is 2.35. The van der Waals surface area contributed by atoms with Crippen LogP contribution in [0.5, 0.6) is 0 Å². The molecule has 3 nitrogen and oxygen atoms in total. The molecule has 4 heterocycles. The van der Waals surface area contributed by atoms with Crippen LogP contribution >= 0.6 is 0 Å². The summed E-state index contributed by atoms with van der Waals surface area (Å²) >= 11 is 0. The molecule has 0 aliphatic heterocycles. The van der Waals surface area contributed by atoms with E-state index in [0.29, 0.717) is 0 Å². The second-order valence-electron chi connectivity index (χ2n) is 5.96. The van der Waals surface area contributed by atoms with Gasteiger partial charge in [-0.2, -0.15) is 0 Å². The van der Waals surface area contributed by atoms with E-state index >= 15 is 0 Å². The first kappa shape index (κ1) is 11.4. The van der Waals surface area contributed by atoms with Gasteiger partial charge in [-0.25, -0.2) is 4.98 Å². The molecule has 0 bridgehead atoms. The Kier molecular flexibility index (Phi) is 1.86. The molecular weight excluding hydrogens is 282 g/mol. The maximum absolute atomic E-state index is 4.82. The highest BCUT2D eigenvalue weighted by atomic mass is 15.0. The summed E-state index contributed by atoms with van der Waals surface area (Å²) in [5.41, 5.74) is 5.42. The van der Waals surface area contributed by atoms with Crippen molar-refractivity contribution in [3.8, 4) is 0 Å². The van der Waals surface area contributed by atoms with Gasteiger partial charge < -0.3 is 0 Å². The summed E-state index contributed by atoms with van der Waals surface area (Å²) in [5, 5.41) is 4.74. The maximum atomic E-state index is 4.82. The molecule has 106 valence electrons. The zero-order valence-electron chi connectivity index (χ0n) is 12.2. The van der Waals surface area contributed by atoms with Crippen molar-refractivity contribution < 1.29 is 0 Å². The van der Waals surface area contributed by atoms with Gasteiger partial charge in [-0.3, -0.25) is 9.38 Å². The van der Waals surface area contributed by atoms with Crippen molar-refractivity contribution in [1.29, 1.82) is 0 Å². The van der Waals surface area contributed by atoms with Gasteiger partial charge in [0.2, 0.25) is 0 Å². The highest BCUT2D eigenvalue weighted by Gasteiger charge is 2.15. The third-order valence-corrected chi connectivity index (χ3v) is 4.76. The van der Waals surface area contributed by atoms with E-state index < -0.39 is 0 Å². The average Bonchev–Trinajstić information content (AvgIpc) is 2.94. The van der Waals surface area contributed by atoms with Gasteiger partial charge in [0.15, 0.2) is 0 Å². The quantitative estimate of drug-likeness (QED) is 0.403. The number of pyridine rings is 2. The van der Waals surface area contributed by atoms with Crippen molar-refractivity contribution in [2.75, 3.05) is 0 Å². The number of para-hydroxylation sites is 2. The molecule has 0 amide bonds. The lowest BCUT2D eigenvalue weighted by Crippen LogP contribution is -1.88. The van der Waals surface area contributed by atoms with Gasteiger partial charge in [-0.05, 0) is 29.7 Å². The fourth-order valence-electron chi connectivity index (χ4n) is 3.84. The maximum Gasteiger partial charge on any atom is 0.138 e. The number of hydrogen-bond donors (Lipinski definition) is 0. The summed E-state index contributed by atoms with van der Waals surface area (Å²) in [6, 6.07) is 21.1. The lowest BCUT2D eigenvalue weighted by Gasteiger charge is -2.04. The lowest BCUT2D eigenvalue weighted by atomic mass is 10.1. The Labute approximate surface area is 131 Å². The van der Waals surface area contributed by atoms with Crippen LogP contribution in [0.1, 0.15) is 0 Å². The zero-order chi connectivity index (χ0) is 15.0. The van der Waals surface area contributed by atoms with Crippen molar-refractivity contribution in [2.24, 2.45) is 0 Å². The summed E-state index contributed by atoms with van der Waals surface area (Å²) in [5.74, 6) is 0. The van der Waals surface area contributed by atoms with E-state index in [4.69, 9.17) is 9.97 Å². The molecule has 3 heteroatoms. The molecule has 0 aliphatic carbocycles. The molecule has 2 aromatic carbocycles. The van der Waals surface area contributed by atoms with E-state index in [-0.39, 0.29) is 0 Å². The van der Waals surface area contributed by atoms with Gasteiger partial charge in [0.25, 0.3) is 0 Å². The van der Waals surface area contributed by atoms with Crippen LogP contribution in [0, 0.1) is 0 Å². The number of fused-ring (bicyclic) bond motifs is 3. The summed E-state index contributed by atoms with van der Waals surface area (Å²) in [4.78, 5) is 9.52. The topological polar surface area (TPSA) is 30.2 Å². The molecule has 0 radical (unpaired) electrons. The van der Waals surface area contributed by atoms with Gasteiger partial charge in [0.1, 0.15) is 5.65 Å². The van der Waals surface area contributed by atoms with Gasteiger partial charge in [0.05, 0.1) is 22.1 Å². The van der Waals surface area contributed by atoms with Gasteiger partial charge in [-0.15, -0.1) is 0 Å². The smallest absolute Gasteiger partial charge is 0.138 e. The molecule has 0 fully saturated rings. The third-order valence-electron chi connectivity index (χ3n) is 4.76. The van der Waals surface area contributed by atoms with Crippen LogP contribution in [-0.2, 0) is 0 Å². The fourth-order valence-corrected chi connectivity index (χ4v) is 3.84. The number of aromatic nitrogens is 3. The molecule has 0 saturated heterocycles. The van der Waals surface area contributed by atoms with Gasteiger partial charge in [-0.1, -0.05) is 36.4 Å². The molecule has 0 saturated carbocycles.